The Kier molecular flexibility index (Phi) is 3.93. The van der Waals surface area contributed by atoms with E-state index in [0.717, 1.165) is 48.7 Å². The van der Waals surface area contributed by atoms with E-state index < -0.39 is 0 Å². The van der Waals surface area contributed by atoms with Gasteiger partial charge in [0.1, 0.15) is 17.8 Å². The molecule has 2 N–H and O–H groups in total. The number of aryl methyl sites for hydroxylation is 1. The number of hydrogen-bond acceptors (Lipinski definition) is 4. The Bertz CT molecular complexity index is 480. The van der Waals surface area contributed by atoms with Gasteiger partial charge in [-0.1, -0.05) is 0 Å². The van der Waals surface area contributed by atoms with Gasteiger partial charge >= 0.3 is 0 Å². The molecule has 0 radical (unpaired) electrons. The van der Waals surface area contributed by atoms with Crippen molar-refractivity contribution in [3.05, 3.63) is 18.1 Å². The van der Waals surface area contributed by atoms with E-state index in [1.54, 1.807) is 6.33 Å². The molecule has 0 saturated heterocycles. The van der Waals surface area contributed by atoms with Crippen LogP contribution in [0.1, 0.15) is 19.0 Å². The zero-order chi connectivity index (χ0) is 12.1. The standard InChI is InChI=1S/C12H18N4O/c1-3-17-6-4-5-13-11-10-7-9(2)16-12(10)15-8-14-11/h7-8H,3-6H2,1-2H3,(H2,13,14,15,16). The molecule has 0 aromatic carbocycles. The third kappa shape index (κ3) is 2.94. The number of aromatic amines is 1. The minimum atomic E-state index is 0.773. The first-order valence-corrected chi connectivity index (χ1v) is 5.93. The first-order valence-electron chi connectivity index (χ1n) is 5.93. The van der Waals surface area contributed by atoms with E-state index in [1.165, 1.54) is 0 Å². The average Bonchev–Trinajstić information content (AvgIpc) is 2.70. The van der Waals surface area contributed by atoms with Crippen LogP contribution in [0.2, 0.25) is 0 Å². The summed E-state index contributed by atoms with van der Waals surface area (Å²) in [5, 5.41) is 4.35. The Morgan fingerprint density at radius 2 is 2.29 bits per heavy atom. The number of ether oxygens (including phenoxy) is 1. The summed E-state index contributed by atoms with van der Waals surface area (Å²) >= 11 is 0. The predicted octanol–water partition coefficient (Wildman–Crippen LogP) is 2.10. The molecule has 2 rings (SSSR count). The fraction of sp³-hybridized carbons (Fsp3) is 0.500. The van der Waals surface area contributed by atoms with Crippen LogP contribution in [0.5, 0.6) is 0 Å². The molecule has 17 heavy (non-hydrogen) atoms. The van der Waals surface area contributed by atoms with Crippen molar-refractivity contribution in [1.82, 2.24) is 15.0 Å². The number of anilines is 1. The second-order valence-electron chi connectivity index (χ2n) is 3.91. The highest BCUT2D eigenvalue weighted by atomic mass is 16.5. The molecule has 5 heteroatoms. The Morgan fingerprint density at radius 1 is 1.41 bits per heavy atom. The van der Waals surface area contributed by atoms with Crippen molar-refractivity contribution in [2.45, 2.75) is 20.3 Å². The van der Waals surface area contributed by atoms with E-state index in [4.69, 9.17) is 4.74 Å². The van der Waals surface area contributed by atoms with Crippen LogP contribution in [-0.4, -0.2) is 34.7 Å². The van der Waals surface area contributed by atoms with Gasteiger partial charge in [-0.05, 0) is 26.3 Å². The lowest BCUT2D eigenvalue weighted by Crippen LogP contribution is -2.07. The van der Waals surface area contributed by atoms with E-state index in [-0.39, 0.29) is 0 Å². The maximum absolute atomic E-state index is 5.28. The minimum absolute atomic E-state index is 0.773. The van der Waals surface area contributed by atoms with Crippen LogP contribution in [0.15, 0.2) is 12.4 Å². The molecule has 0 bridgehead atoms. The zero-order valence-corrected chi connectivity index (χ0v) is 10.3. The lowest BCUT2D eigenvalue weighted by atomic mass is 10.3. The molecule has 0 amide bonds. The van der Waals surface area contributed by atoms with Crippen LogP contribution in [0, 0.1) is 6.92 Å². The van der Waals surface area contributed by atoms with Gasteiger partial charge in [0.25, 0.3) is 0 Å². The highest BCUT2D eigenvalue weighted by molar-refractivity contribution is 5.87. The van der Waals surface area contributed by atoms with Crippen molar-refractivity contribution < 1.29 is 4.74 Å². The third-order valence-electron chi connectivity index (χ3n) is 2.52. The summed E-state index contributed by atoms with van der Waals surface area (Å²) < 4.78 is 5.28. The van der Waals surface area contributed by atoms with E-state index in [2.05, 4.69) is 26.3 Å². The number of H-pyrrole nitrogens is 1. The molecule has 5 nitrogen and oxygen atoms in total. The highest BCUT2D eigenvalue weighted by Crippen LogP contribution is 2.19. The van der Waals surface area contributed by atoms with Crippen LogP contribution in [-0.2, 0) is 4.74 Å². The van der Waals surface area contributed by atoms with Gasteiger partial charge in [-0.25, -0.2) is 9.97 Å². The van der Waals surface area contributed by atoms with Crippen LogP contribution in [0.3, 0.4) is 0 Å². The summed E-state index contributed by atoms with van der Waals surface area (Å²) in [5.74, 6) is 0.885. The molecule has 0 fully saturated rings. The first kappa shape index (κ1) is 11.9. The van der Waals surface area contributed by atoms with Crippen molar-refractivity contribution in [3.8, 4) is 0 Å². The SMILES string of the molecule is CCOCCCNc1ncnc2[nH]c(C)cc12. The summed E-state index contributed by atoms with van der Waals surface area (Å²) in [7, 11) is 0. The maximum Gasteiger partial charge on any atom is 0.143 e. The van der Waals surface area contributed by atoms with Crippen molar-refractivity contribution in [2.75, 3.05) is 25.1 Å². The Labute approximate surface area is 101 Å². The molecule has 0 aliphatic heterocycles. The molecule has 2 aromatic rings. The van der Waals surface area contributed by atoms with E-state index in [1.807, 2.05) is 13.8 Å². The van der Waals surface area contributed by atoms with Crippen LogP contribution < -0.4 is 5.32 Å². The van der Waals surface area contributed by atoms with Crippen molar-refractivity contribution in [2.24, 2.45) is 0 Å². The molecular formula is C12H18N4O. The van der Waals surface area contributed by atoms with Gasteiger partial charge in [0.2, 0.25) is 0 Å². The van der Waals surface area contributed by atoms with Gasteiger partial charge in [-0.2, -0.15) is 0 Å². The number of rotatable bonds is 6. The molecule has 0 aliphatic carbocycles. The summed E-state index contributed by atoms with van der Waals surface area (Å²) in [5.41, 5.74) is 1.97. The van der Waals surface area contributed by atoms with Crippen molar-refractivity contribution in [3.63, 3.8) is 0 Å². The molecule has 0 spiro atoms. The third-order valence-corrected chi connectivity index (χ3v) is 2.52. The van der Waals surface area contributed by atoms with Gasteiger partial charge in [0, 0.05) is 25.5 Å². The minimum Gasteiger partial charge on any atom is -0.382 e. The molecule has 2 aromatic heterocycles. The van der Waals surface area contributed by atoms with Gasteiger partial charge in [0.15, 0.2) is 0 Å². The molecule has 92 valence electrons. The number of fused-ring (bicyclic) bond motifs is 1. The van der Waals surface area contributed by atoms with Gasteiger partial charge in [0.05, 0.1) is 5.39 Å². The normalized spacial score (nSPS) is 10.9. The van der Waals surface area contributed by atoms with E-state index >= 15 is 0 Å². The fourth-order valence-electron chi connectivity index (χ4n) is 1.74. The topological polar surface area (TPSA) is 62.8 Å². The summed E-state index contributed by atoms with van der Waals surface area (Å²) in [6, 6.07) is 2.06. The molecular weight excluding hydrogens is 216 g/mol. The lowest BCUT2D eigenvalue weighted by Gasteiger charge is -2.06. The van der Waals surface area contributed by atoms with Gasteiger partial charge in [-0.15, -0.1) is 0 Å². The largest absolute Gasteiger partial charge is 0.382 e. The van der Waals surface area contributed by atoms with Crippen LogP contribution >= 0.6 is 0 Å². The molecule has 0 atom stereocenters. The quantitative estimate of drug-likeness (QED) is 0.751. The monoisotopic (exact) mass is 234 g/mol. The van der Waals surface area contributed by atoms with E-state index in [9.17, 15) is 0 Å². The van der Waals surface area contributed by atoms with Crippen LogP contribution in [0.25, 0.3) is 11.0 Å². The Morgan fingerprint density at radius 3 is 3.12 bits per heavy atom. The van der Waals surface area contributed by atoms with Gasteiger partial charge in [-0.3, -0.25) is 0 Å². The Hall–Kier alpha value is -1.62. The number of hydrogen-bond donors (Lipinski definition) is 2. The van der Waals surface area contributed by atoms with E-state index in [0.29, 0.717) is 0 Å². The number of aromatic nitrogens is 3. The molecule has 2 heterocycles. The maximum atomic E-state index is 5.28. The first-order chi connectivity index (χ1) is 8.31. The summed E-state index contributed by atoms with van der Waals surface area (Å²) in [6.07, 6.45) is 2.55. The smallest absolute Gasteiger partial charge is 0.143 e. The number of nitrogens with one attached hydrogen (secondary N) is 2. The molecule has 0 unspecified atom stereocenters. The average molecular weight is 234 g/mol. The molecule has 0 saturated carbocycles. The lowest BCUT2D eigenvalue weighted by molar-refractivity contribution is 0.147. The summed E-state index contributed by atoms with van der Waals surface area (Å²) in [4.78, 5) is 11.6. The summed E-state index contributed by atoms with van der Waals surface area (Å²) in [6.45, 7) is 6.43. The number of nitrogens with zero attached hydrogens (tertiary/aromatic N) is 2. The van der Waals surface area contributed by atoms with Gasteiger partial charge < -0.3 is 15.0 Å². The Balaban J connectivity index is 1.98. The van der Waals surface area contributed by atoms with Crippen molar-refractivity contribution in [1.29, 1.82) is 0 Å². The second-order valence-corrected chi connectivity index (χ2v) is 3.91. The zero-order valence-electron chi connectivity index (χ0n) is 10.3. The second kappa shape index (κ2) is 5.63. The van der Waals surface area contributed by atoms with Crippen LogP contribution in [0.4, 0.5) is 5.82 Å². The predicted molar refractivity (Wildman–Crippen MR) is 68.2 cm³/mol. The highest BCUT2D eigenvalue weighted by Gasteiger charge is 2.05. The fourth-order valence-corrected chi connectivity index (χ4v) is 1.74. The van der Waals surface area contributed by atoms with Crippen molar-refractivity contribution >= 4 is 16.9 Å². The molecule has 0 aliphatic rings.